The van der Waals surface area contributed by atoms with E-state index in [0.29, 0.717) is 17.3 Å². The molecule has 4 N–H and O–H groups in total. The van der Waals surface area contributed by atoms with Gasteiger partial charge in [0.05, 0.1) is 5.56 Å². The summed E-state index contributed by atoms with van der Waals surface area (Å²) in [6.07, 6.45) is 14.8. The average Bonchev–Trinajstić information content (AvgIpc) is 3.24. The van der Waals surface area contributed by atoms with Crippen LogP contribution in [0.2, 0.25) is 0 Å². The smallest absolute Gasteiger partial charge is 0.270 e. The Bertz CT molecular complexity index is 772. The number of nitrogens with two attached hydrogens (primary N) is 1. The first-order valence-corrected chi connectivity index (χ1v) is 11.3. The molecule has 2 amide bonds. The molecule has 3 aliphatic rings. The molecular weight excluding hydrogens is 378 g/mol. The summed E-state index contributed by atoms with van der Waals surface area (Å²) < 4.78 is 0. The highest BCUT2D eigenvalue weighted by Gasteiger charge is 2.30. The molecule has 0 radical (unpaired) electrons. The maximum atomic E-state index is 12.6. The lowest BCUT2D eigenvalue weighted by molar-refractivity contribution is 0.0916. The zero-order valence-electron chi connectivity index (χ0n) is 17.6. The van der Waals surface area contributed by atoms with Gasteiger partial charge in [0.1, 0.15) is 5.69 Å². The van der Waals surface area contributed by atoms with E-state index in [1.807, 2.05) is 12.2 Å². The van der Waals surface area contributed by atoms with Crippen LogP contribution in [0, 0.1) is 0 Å². The van der Waals surface area contributed by atoms with Crippen LogP contribution in [0.4, 0.5) is 0 Å². The van der Waals surface area contributed by atoms with Crippen molar-refractivity contribution in [3.05, 3.63) is 41.7 Å². The van der Waals surface area contributed by atoms with Gasteiger partial charge in [-0.05, 0) is 44.2 Å². The van der Waals surface area contributed by atoms with Gasteiger partial charge in [0.25, 0.3) is 11.8 Å². The van der Waals surface area contributed by atoms with E-state index in [4.69, 9.17) is 5.73 Å². The number of aromatic nitrogens is 1. The SMILES string of the molecule is NC1C=CCCC1NC(=O)c1ccc(C(=O)NC2CCN(C3CCCCC3)C2)cn1. The molecule has 30 heavy (non-hydrogen) atoms. The Kier molecular flexibility index (Phi) is 6.79. The van der Waals surface area contributed by atoms with Crippen molar-refractivity contribution < 1.29 is 9.59 Å². The predicted octanol–water partition coefficient (Wildman–Crippen LogP) is 1.99. The predicted molar refractivity (Wildman–Crippen MR) is 116 cm³/mol. The van der Waals surface area contributed by atoms with Crippen molar-refractivity contribution in [3.63, 3.8) is 0 Å². The quantitative estimate of drug-likeness (QED) is 0.644. The summed E-state index contributed by atoms with van der Waals surface area (Å²) in [7, 11) is 0. The van der Waals surface area contributed by atoms with E-state index in [-0.39, 0.29) is 29.9 Å². The number of rotatable bonds is 5. The third-order valence-electron chi connectivity index (χ3n) is 6.69. The Labute approximate surface area is 178 Å². The Hall–Kier alpha value is -2.25. The minimum absolute atomic E-state index is 0.0817. The minimum atomic E-state index is -0.253. The highest BCUT2D eigenvalue weighted by atomic mass is 16.2. The van der Waals surface area contributed by atoms with Crippen LogP contribution in [-0.4, -0.2) is 59.0 Å². The zero-order valence-corrected chi connectivity index (χ0v) is 17.6. The third-order valence-corrected chi connectivity index (χ3v) is 6.69. The van der Waals surface area contributed by atoms with Crippen molar-refractivity contribution in [1.82, 2.24) is 20.5 Å². The lowest BCUT2D eigenvalue weighted by Crippen LogP contribution is -2.47. The van der Waals surface area contributed by atoms with Crippen LogP contribution in [0.15, 0.2) is 30.5 Å². The van der Waals surface area contributed by atoms with Crippen LogP contribution in [-0.2, 0) is 0 Å². The van der Waals surface area contributed by atoms with E-state index in [1.54, 1.807) is 12.1 Å². The van der Waals surface area contributed by atoms with Crippen molar-refractivity contribution in [1.29, 1.82) is 0 Å². The Morgan fingerprint density at radius 3 is 2.60 bits per heavy atom. The fourth-order valence-electron chi connectivity index (χ4n) is 4.88. The summed E-state index contributed by atoms with van der Waals surface area (Å²) in [5.41, 5.74) is 6.82. The zero-order chi connectivity index (χ0) is 20.9. The van der Waals surface area contributed by atoms with Gasteiger partial charge in [0.2, 0.25) is 0 Å². The maximum absolute atomic E-state index is 12.6. The molecule has 3 atom stereocenters. The molecule has 2 fully saturated rings. The second kappa shape index (κ2) is 9.71. The molecule has 4 rings (SSSR count). The number of nitrogens with one attached hydrogen (secondary N) is 2. The van der Waals surface area contributed by atoms with E-state index >= 15 is 0 Å². The maximum Gasteiger partial charge on any atom is 0.270 e. The Balaban J connectivity index is 1.28. The fraction of sp³-hybridized carbons (Fsp3) is 0.609. The molecule has 0 bridgehead atoms. The lowest BCUT2D eigenvalue weighted by atomic mass is 9.94. The number of carbonyl (C=O) groups is 2. The van der Waals surface area contributed by atoms with Crippen LogP contribution in [0.1, 0.15) is 72.2 Å². The lowest BCUT2D eigenvalue weighted by Gasteiger charge is -2.31. The van der Waals surface area contributed by atoms with Crippen molar-refractivity contribution in [2.45, 2.75) is 75.5 Å². The molecule has 162 valence electrons. The molecule has 0 spiro atoms. The molecule has 2 heterocycles. The van der Waals surface area contributed by atoms with E-state index in [0.717, 1.165) is 32.4 Å². The van der Waals surface area contributed by atoms with Crippen LogP contribution < -0.4 is 16.4 Å². The van der Waals surface area contributed by atoms with Gasteiger partial charge in [0.15, 0.2) is 0 Å². The van der Waals surface area contributed by atoms with Gasteiger partial charge in [-0.15, -0.1) is 0 Å². The van der Waals surface area contributed by atoms with Gasteiger partial charge in [-0.2, -0.15) is 0 Å². The molecule has 1 aromatic heterocycles. The number of allylic oxidation sites excluding steroid dienone is 1. The number of likely N-dealkylation sites (tertiary alicyclic amines) is 1. The standard InChI is InChI=1S/C23H33N5O2/c24-19-8-4-5-9-20(19)27-23(30)21-11-10-16(14-25-21)22(29)26-17-12-13-28(15-17)18-6-2-1-3-7-18/h4,8,10-11,14,17-20H,1-3,5-7,9,12-13,15,24H2,(H,26,29)(H,27,30). The number of amides is 2. The molecule has 0 aromatic carbocycles. The summed E-state index contributed by atoms with van der Waals surface area (Å²) in [5.74, 6) is -0.374. The van der Waals surface area contributed by atoms with Crippen LogP contribution in [0.25, 0.3) is 0 Å². The molecule has 3 unspecified atom stereocenters. The fourth-order valence-corrected chi connectivity index (χ4v) is 4.88. The molecule has 7 heteroatoms. The summed E-state index contributed by atoms with van der Waals surface area (Å²) in [6, 6.07) is 3.90. The van der Waals surface area contributed by atoms with Gasteiger partial charge in [-0.3, -0.25) is 19.5 Å². The minimum Gasteiger partial charge on any atom is -0.348 e. The van der Waals surface area contributed by atoms with Crippen LogP contribution in [0.3, 0.4) is 0 Å². The first-order valence-electron chi connectivity index (χ1n) is 11.3. The number of carbonyl (C=O) groups excluding carboxylic acids is 2. The number of pyridine rings is 1. The van der Waals surface area contributed by atoms with Crippen LogP contribution >= 0.6 is 0 Å². The van der Waals surface area contributed by atoms with Gasteiger partial charge >= 0.3 is 0 Å². The van der Waals surface area contributed by atoms with E-state index in [9.17, 15) is 9.59 Å². The average molecular weight is 412 g/mol. The van der Waals surface area contributed by atoms with Gasteiger partial charge in [0, 0.05) is 43.5 Å². The summed E-state index contributed by atoms with van der Waals surface area (Å²) in [6.45, 7) is 1.99. The summed E-state index contributed by atoms with van der Waals surface area (Å²) in [5, 5.41) is 6.08. The normalized spacial score (nSPS) is 27.7. The van der Waals surface area contributed by atoms with Gasteiger partial charge < -0.3 is 16.4 Å². The van der Waals surface area contributed by atoms with E-state index in [2.05, 4.69) is 20.5 Å². The Morgan fingerprint density at radius 2 is 1.87 bits per heavy atom. The molecule has 1 saturated heterocycles. The first kappa shape index (κ1) is 21.0. The molecule has 2 aliphatic carbocycles. The van der Waals surface area contributed by atoms with Crippen molar-refractivity contribution in [3.8, 4) is 0 Å². The summed E-state index contributed by atoms with van der Waals surface area (Å²) >= 11 is 0. The van der Waals surface area contributed by atoms with Crippen molar-refractivity contribution in [2.75, 3.05) is 13.1 Å². The molecule has 1 aromatic rings. The summed E-state index contributed by atoms with van der Waals surface area (Å²) in [4.78, 5) is 31.8. The monoisotopic (exact) mass is 411 g/mol. The highest BCUT2D eigenvalue weighted by molar-refractivity contribution is 5.96. The second-order valence-corrected chi connectivity index (χ2v) is 8.84. The van der Waals surface area contributed by atoms with E-state index in [1.165, 1.54) is 38.3 Å². The number of nitrogens with zero attached hydrogens (tertiary/aromatic N) is 2. The largest absolute Gasteiger partial charge is 0.348 e. The molecule has 1 saturated carbocycles. The first-order chi connectivity index (χ1) is 14.6. The topological polar surface area (TPSA) is 100 Å². The molecular formula is C23H33N5O2. The molecule has 7 nitrogen and oxygen atoms in total. The van der Waals surface area contributed by atoms with Crippen molar-refractivity contribution >= 4 is 11.8 Å². The third kappa shape index (κ3) is 5.08. The Morgan fingerprint density at radius 1 is 1.03 bits per heavy atom. The molecule has 1 aliphatic heterocycles. The van der Waals surface area contributed by atoms with E-state index < -0.39 is 0 Å². The second-order valence-electron chi connectivity index (χ2n) is 8.84. The van der Waals surface area contributed by atoms with Gasteiger partial charge in [-0.1, -0.05) is 31.4 Å². The number of hydrogen-bond acceptors (Lipinski definition) is 5. The van der Waals surface area contributed by atoms with Crippen molar-refractivity contribution in [2.24, 2.45) is 5.73 Å². The van der Waals surface area contributed by atoms with Crippen LogP contribution in [0.5, 0.6) is 0 Å². The van der Waals surface area contributed by atoms with Gasteiger partial charge in [-0.25, -0.2) is 0 Å². The number of hydrogen-bond donors (Lipinski definition) is 3. The highest BCUT2D eigenvalue weighted by Crippen LogP contribution is 2.25.